The summed E-state index contributed by atoms with van der Waals surface area (Å²) in [6.45, 7) is 0.239. The molecule has 0 aliphatic carbocycles. The fourth-order valence-electron chi connectivity index (χ4n) is 3.12. The van der Waals surface area contributed by atoms with Crippen molar-refractivity contribution in [2.75, 3.05) is 0 Å². The second-order valence-electron chi connectivity index (χ2n) is 6.63. The van der Waals surface area contributed by atoms with Gasteiger partial charge >= 0.3 is 6.18 Å². The average Bonchev–Trinajstić information content (AvgIpc) is 3.30. The zero-order chi connectivity index (χ0) is 21.5. The van der Waals surface area contributed by atoms with Crippen molar-refractivity contribution in [2.24, 2.45) is 5.73 Å². The van der Waals surface area contributed by atoms with Gasteiger partial charge in [0.25, 0.3) is 0 Å². The van der Waals surface area contributed by atoms with Gasteiger partial charge in [-0.15, -0.1) is 0 Å². The Balaban J connectivity index is 1.64. The van der Waals surface area contributed by atoms with Gasteiger partial charge in [0.05, 0.1) is 34.3 Å². The molecule has 156 valence electrons. The quantitative estimate of drug-likeness (QED) is 0.549. The number of hydrogen-bond acceptors (Lipinski definition) is 4. The van der Waals surface area contributed by atoms with Crippen LogP contribution in [0, 0.1) is 0 Å². The minimum absolute atomic E-state index is 0.239. The van der Waals surface area contributed by atoms with Crippen LogP contribution >= 0.6 is 27.7 Å². The van der Waals surface area contributed by atoms with Gasteiger partial charge in [0.15, 0.2) is 0 Å². The predicted octanol–water partition coefficient (Wildman–Crippen LogP) is 4.80. The van der Waals surface area contributed by atoms with Crippen LogP contribution in [0.15, 0.2) is 59.3 Å². The van der Waals surface area contributed by atoms with Gasteiger partial charge in [-0.3, -0.25) is 9.36 Å². The first kappa shape index (κ1) is 21.0. The molecule has 30 heavy (non-hydrogen) atoms. The zero-order valence-corrected chi connectivity index (χ0v) is 17.7. The highest BCUT2D eigenvalue weighted by molar-refractivity contribution is 9.10. The topological polar surface area (TPSA) is 70.1 Å². The minimum atomic E-state index is -4.47. The van der Waals surface area contributed by atoms with E-state index in [-0.39, 0.29) is 6.61 Å². The van der Waals surface area contributed by atoms with E-state index in [0.29, 0.717) is 16.1 Å². The highest BCUT2D eigenvalue weighted by Crippen LogP contribution is 2.40. The van der Waals surface area contributed by atoms with Crippen LogP contribution in [-0.2, 0) is 22.3 Å². The fraction of sp³-hybridized carbons (Fsp3) is 0.200. The van der Waals surface area contributed by atoms with Crippen LogP contribution in [0.3, 0.4) is 0 Å². The zero-order valence-electron chi connectivity index (χ0n) is 15.3. The average molecular weight is 498 g/mol. The number of fused-ring (bicyclic) bond motifs is 1. The lowest BCUT2D eigenvalue weighted by molar-refractivity contribution is -0.137. The number of carbonyl (C=O) groups excluding carboxylic acids is 1. The standard InChI is InChI=1S/C20H15BrF3N3O2S/c21-13-4-2-1-3-11(13)9-29-16-8-17(30-18(16)19(25)28)27-10-26-14-6-5-12(7-15(14)27)20(22,23)24/h1-8,10,16,18H,9H2,(H2,25,28). The lowest BCUT2D eigenvalue weighted by Crippen LogP contribution is -2.34. The summed E-state index contributed by atoms with van der Waals surface area (Å²) < 4.78 is 47.7. The van der Waals surface area contributed by atoms with E-state index >= 15 is 0 Å². The number of ether oxygens (including phenoxy) is 1. The van der Waals surface area contributed by atoms with Crippen LogP contribution in [0.25, 0.3) is 16.1 Å². The Kier molecular flexibility index (Phi) is 5.65. The number of carbonyl (C=O) groups is 1. The molecule has 0 radical (unpaired) electrons. The third-order valence-electron chi connectivity index (χ3n) is 4.63. The maximum atomic E-state index is 13.1. The second-order valence-corrected chi connectivity index (χ2v) is 8.64. The number of aromatic nitrogens is 2. The van der Waals surface area contributed by atoms with Gasteiger partial charge in [-0.2, -0.15) is 13.2 Å². The Labute approximate surface area is 182 Å². The minimum Gasteiger partial charge on any atom is -0.369 e. The molecule has 1 aliphatic heterocycles. The van der Waals surface area contributed by atoms with Crippen molar-refractivity contribution in [1.29, 1.82) is 0 Å². The smallest absolute Gasteiger partial charge is 0.369 e. The number of halogens is 4. The number of thioether (sulfide) groups is 1. The largest absolute Gasteiger partial charge is 0.416 e. The molecule has 0 fully saturated rings. The number of rotatable bonds is 5. The van der Waals surface area contributed by atoms with Gasteiger partial charge in [-0.05, 0) is 35.9 Å². The van der Waals surface area contributed by atoms with Crippen LogP contribution in [-0.4, -0.2) is 26.8 Å². The SMILES string of the molecule is NC(=O)C1SC(n2cnc3ccc(C(F)(F)F)cc32)=CC1OCc1ccccc1Br. The summed E-state index contributed by atoms with van der Waals surface area (Å²) in [5.41, 5.74) is 6.37. The summed E-state index contributed by atoms with van der Waals surface area (Å²) >= 11 is 4.59. The summed E-state index contributed by atoms with van der Waals surface area (Å²) in [6.07, 6.45) is -1.97. The predicted molar refractivity (Wildman–Crippen MR) is 112 cm³/mol. The first-order chi connectivity index (χ1) is 14.2. The molecule has 1 aliphatic rings. The van der Waals surface area contributed by atoms with E-state index in [1.165, 1.54) is 17.0 Å². The number of primary amides is 1. The Morgan fingerprint density at radius 2 is 2.03 bits per heavy atom. The van der Waals surface area contributed by atoms with Crippen molar-refractivity contribution < 1.29 is 22.7 Å². The normalized spacial score (nSPS) is 19.3. The molecule has 1 aromatic heterocycles. The van der Waals surface area contributed by atoms with Gasteiger partial charge in [-0.25, -0.2) is 4.98 Å². The third kappa shape index (κ3) is 4.12. The van der Waals surface area contributed by atoms with E-state index in [1.807, 2.05) is 24.3 Å². The molecule has 2 aromatic carbocycles. The Morgan fingerprint density at radius 1 is 1.27 bits per heavy atom. The summed E-state index contributed by atoms with van der Waals surface area (Å²) in [7, 11) is 0. The van der Waals surface area contributed by atoms with Crippen molar-refractivity contribution in [3.8, 4) is 0 Å². The van der Waals surface area contributed by atoms with Crippen molar-refractivity contribution >= 4 is 49.7 Å². The van der Waals surface area contributed by atoms with Crippen molar-refractivity contribution in [1.82, 2.24) is 9.55 Å². The number of benzene rings is 2. The number of nitrogens with two attached hydrogens (primary N) is 1. The van der Waals surface area contributed by atoms with Gasteiger partial charge in [-0.1, -0.05) is 45.9 Å². The molecular formula is C20H15BrF3N3O2S. The summed E-state index contributed by atoms with van der Waals surface area (Å²) in [5.74, 6) is -0.566. The number of alkyl halides is 3. The van der Waals surface area contributed by atoms with Crippen LogP contribution < -0.4 is 5.73 Å². The molecule has 0 bridgehead atoms. The maximum Gasteiger partial charge on any atom is 0.416 e. The van der Waals surface area contributed by atoms with E-state index in [2.05, 4.69) is 20.9 Å². The summed E-state index contributed by atoms with van der Waals surface area (Å²) in [4.78, 5) is 16.1. The van der Waals surface area contributed by atoms with E-state index in [9.17, 15) is 18.0 Å². The van der Waals surface area contributed by atoms with Crippen molar-refractivity contribution in [2.45, 2.75) is 24.1 Å². The number of hydrogen-bond donors (Lipinski definition) is 1. The molecule has 0 saturated carbocycles. The number of amides is 1. The van der Waals surface area contributed by atoms with E-state index in [4.69, 9.17) is 10.5 Å². The molecule has 10 heteroatoms. The Morgan fingerprint density at radius 3 is 2.73 bits per heavy atom. The van der Waals surface area contributed by atoms with Gasteiger partial charge in [0.2, 0.25) is 5.91 Å². The summed E-state index contributed by atoms with van der Waals surface area (Å²) in [6, 6.07) is 10.9. The number of nitrogens with zero attached hydrogens (tertiary/aromatic N) is 2. The highest BCUT2D eigenvalue weighted by Gasteiger charge is 2.36. The van der Waals surface area contributed by atoms with Crippen molar-refractivity contribution in [3.63, 3.8) is 0 Å². The van der Waals surface area contributed by atoms with Gasteiger partial charge < -0.3 is 10.5 Å². The molecule has 2 heterocycles. The molecule has 4 rings (SSSR count). The Bertz CT molecular complexity index is 1150. The molecule has 2 atom stereocenters. The molecule has 3 aromatic rings. The lowest BCUT2D eigenvalue weighted by Gasteiger charge is -2.16. The van der Waals surface area contributed by atoms with Crippen LogP contribution in [0.2, 0.25) is 0 Å². The molecule has 0 spiro atoms. The molecule has 5 nitrogen and oxygen atoms in total. The van der Waals surface area contributed by atoms with E-state index in [1.54, 1.807) is 6.08 Å². The first-order valence-electron chi connectivity index (χ1n) is 8.81. The number of imidazole rings is 1. The van der Waals surface area contributed by atoms with E-state index in [0.717, 1.165) is 33.9 Å². The molecule has 2 unspecified atom stereocenters. The Hall–Kier alpha value is -2.30. The highest BCUT2D eigenvalue weighted by atomic mass is 79.9. The molecule has 2 N–H and O–H groups in total. The third-order valence-corrected chi connectivity index (χ3v) is 6.74. The molecule has 0 saturated heterocycles. The second kappa shape index (κ2) is 8.09. The first-order valence-corrected chi connectivity index (χ1v) is 10.5. The summed E-state index contributed by atoms with van der Waals surface area (Å²) in [5, 5.41) is -0.163. The van der Waals surface area contributed by atoms with Crippen LogP contribution in [0.1, 0.15) is 11.1 Å². The van der Waals surface area contributed by atoms with Crippen LogP contribution in [0.4, 0.5) is 13.2 Å². The molecular weight excluding hydrogens is 483 g/mol. The molecule has 1 amide bonds. The monoisotopic (exact) mass is 497 g/mol. The van der Waals surface area contributed by atoms with E-state index < -0.39 is 29.0 Å². The van der Waals surface area contributed by atoms with Crippen molar-refractivity contribution in [3.05, 3.63) is 70.5 Å². The fourth-order valence-corrected chi connectivity index (χ4v) is 4.66. The van der Waals surface area contributed by atoms with Gasteiger partial charge in [0, 0.05) is 4.47 Å². The van der Waals surface area contributed by atoms with Gasteiger partial charge in [0.1, 0.15) is 11.6 Å². The lowest BCUT2D eigenvalue weighted by atomic mass is 10.2. The van der Waals surface area contributed by atoms with Crippen LogP contribution in [0.5, 0.6) is 0 Å². The maximum absolute atomic E-state index is 13.1.